The third-order valence-electron chi connectivity index (χ3n) is 3.75. The quantitative estimate of drug-likeness (QED) is 0.689. The molecule has 0 aliphatic rings. The summed E-state index contributed by atoms with van der Waals surface area (Å²) in [6, 6.07) is 7.80. The summed E-state index contributed by atoms with van der Waals surface area (Å²) in [5.41, 5.74) is -0.742. The van der Waals surface area contributed by atoms with E-state index >= 15 is 0 Å². The van der Waals surface area contributed by atoms with Crippen molar-refractivity contribution in [3.05, 3.63) is 62.3 Å². The number of hydrogen-bond acceptors (Lipinski definition) is 4. The molecule has 8 heteroatoms. The second-order valence-electron chi connectivity index (χ2n) is 5.10. The lowest BCUT2D eigenvalue weighted by Crippen LogP contribution is -2.40. The Kier molecular flexibility index (Phi) is 3.33. The molecule has 1 aromatic carbocycles. The molecule has 0 spiro atoms. The van der Waals surface area contributed by atoms with Gasteiger partial charge in [0.2, 0.25) is 5.82 Å². The minimum Gasteiger partial charge on any atom is -0.313 e. The van der Waals surface area contributed by atoms with Crippen LogP contribution in [-0.2, 0) is 20.6 Å². The highest BCUT2D eigenvalue weighted by atomic mass is 19.1. The van der Waals surface area contributed by atoms with Gasteiger partial charge < -0.3 is 4.57 Å². The van der Waals surface area contributed by atoms with Gasteiger partial charge in [0.15, 0.2) is 11.2 Å². The summed E-state index contributed by atoms with van der Waals surface area (Å²) >= 11 is 0. The predicted molar refractivity (Wildman–Crippen MR) is 80.4 cm³/mol. The van der Waals surface area contributed by atoms with Crippen LogP contribution in [-0.4, -0.2) is 18.7 Å². The lowest BCUT2D eigenvalue weighted by atomic mass is 10.2. The molecular weight excluding hydrogens is 301 g/mol. The first kappa shape index (κ1) is 14.7. The fraction of sp³-hybridized carbons (Fsp3) is 0.200. The zero-order valence-corrected chi connectivity index (χ0v) is 12.4. The Bertz CT molecular complexity index is 1080. The van der Waals surface area contributed by atoms with Crippen molar-refractivity contribution in [1.29, 1.82) is 5.26 Å². The Morgan fingerprint density at radius 3 is 2.57 bits per heavy atom. The van der Waals surface area contributed by atoms with Crippen molar-refractivity contribution in [1.82, 2.24) is 18.7 Å². The average molecular weight is 313 g/mol. The fourth-order valence-electron chi connectivity index (χ4n) is 2.48. The molecule has 0 aliphatic carbocycles. The van der Waals surface area contributed by atoms with Gasteiger partial charge in [0.25, 0.3) is 5.56 Å². The van der Waals surface area contributed by atoms with E-state index in [1.54, 1.807) is 6.07 Å². The van der Waals surface area contributed by atoms with Gasteiger partial charge in [-0.1, -0.05) is 18.2 Å². The number of nitrogens with zero attached hydrogens (tertiary/aromatic N) is 5. The molecule has 2 heterocycles. The maximum atomic E-state index is 13.8. The molecule has 3 rings (SSSR count). The molecule has 0 atom stereocenters. The number of benzene rings is 1. The van der Waals surface area contributed by atoms with Gasteiger partial charge >= 0.3 is 5.69 Å². The SMILES string of the molecule is Cn1c(C#N)nc2c1c(=O)n(Cc1ccccc1F)c(=O)n2C. The standard InChI is InChI=1S/C15H12FN5O2/c1-19-11(7-17)18-13-12(19)14(22)21(15(23)20(13)2)8-9-5-3-4-6-10(9)16/h3-6H,8H2,1-2H3. The smallest absolute Gasteiger partial charge is 0.313 e. The normalized spacial score (nSPS) is 10.9. The molecule has 7 nitrogen and oxygen atoms in total. The zero-order valence-electron chi connectivity index (χ0n) is 12.4. The second kappa shape index (κ2) is 5.21. The van der Waals surface area contributed by atoms with Gasteiger partial charge in [-0.3, -0.25) is 13.9 Å². The Morgan fingerprint density at radius 1 is 1.22 bits per heavy atom. The van der Waals surface area contributed by atoms with Crippen molar-refractivity contribution in [3.63, 3.8) is 0 Å². The highest BCUT2D eigenvalue weighted by molar-refractivity contribution is 5.71. The van der Waals surface area contributed by atoms with Crippen LogP contribution in [0.3, 0.4) is 0 Å². The van der Waals surface area contributed by atoms with E-state index in [4.69, 9.17) is 5.26 Å². The predicted octanol–water partition coefficient (Wildman–Crippen LogP) is 0.493. The zero-order chi connectivity index (χ0) is 16.7. The highest BCUT2D eigenvalue weighted by Gasteiger charge is 2.18. The molecule has 116 valence electrons. The van der Waals surface area contributed by atoms with Crippen LogP contribution in [0.15, 0.2) is 33.9 Å². The molecule has 2 aromatic heterocycles. The third-order valence-corrected chi connectivity index (χ3v) is 3.75. The van der Waals surface area contributed by atoms with Crippen molar-refractivity contribution in [2.45, 2.75) is 6.54 Å². The summed E-state index contributed by atoms with van der Waals surface area (Å²) in [6.45, 7) is -0.193. The molecule has 0 saturated carbocycles. The largest absolute Gasteiger partial charge is 0.332 e. The second-order valence-corrected chi connectivity index (χ2v) is 5.10. The van der Waals surface area contributed by atoms with Gasteiger partial charge in [-0.15, -0.1) is 0 Å². The summed E-state index contributed by atoms with van der Waals surface area (Å²) < 4.78 is 17.2. The van der Waals surface area contributed by atoms with Crippen LogP contribution in [0, 0.1) is 17.1 Å². The monoisotopic (exact) mass is 313 g/mol. The van der Waals surface area contributed by atoms with Crippen molar-refractivity contribution in [3.8, 4) is 6.07 Å². The summed E-state index contributed by atoms with van der Waals surface area (Å²) in [7, 11) is 2.98. The maximum absolute atomic E-state index is 13.8. The number of aromatic nitrogens is 4. The van der Waals surface area contributed by atoms with Crippen LogP contribution in [0.5, 0.6) is 0 Å². The third kappa shape index (κ3) is 2.14. The van der Waals surface area contributed by atoms with E-state index in [1.807, 2.05) is 6.07 Å². The molecule has 0 bridgehead atoms. The number of hydrogen-bond donors (Lipinski definition) is 0. The van der Waals surface area contributed by atoms with Crippen molar-refractivity contribution < 1.29 is 4.39 Å². The van der Waals surface area contributed by atoms with Crippen LogP contribution in [0.25, 0.3) is 11.2 Å². The minimum atomic E-state index is -0.617. The lowest BCUT2D eigenvalue weighted by molar-refractivity contribution is 0.582. The topological polar surface area (TPSA) is 85.6 Å². The first-order valence-corrected chi connectivity index (χ1v) is 6.75. The van der Waals surface area contributed by atoms with Gasteiger partial charge in [-0.05, 0) is 6.07 Å². The number of aryl methyl sites for hydroxylation is 2. The van der Waals surface area contributed by atoms with Gasteiger partial charge in [0.1, 0.15) is 11.9 Å². The van der Waals surface area contributed by atoms with E-state index in [0.717, 1.165) is 4.57 Å². The van der Waals surface area contributed by atoms with Crippen LogP contribution >= 0.6 is 0 Å². The molecule has 0 saturated heterocycles. The average Bonchev–Trinajstić information content (AvgIpc) is 2.88. The maximum Gasteiger partial charge on any atom is 0.332 e. The molecule has 0 radical (unpaired) electrons. The first-order chi connectivity index (χ1) is 11.0. The lowest BCUT2D eigenvalue weighted by Gasteiger charge is -2.09. The van der Waals surface area contributed by atoms with Gasteiger partial charge in [-0.2, -0.15) is 5.26 Å². The first-order valence-electron chi connectivity index (χ1n) is 6.75. The Labute approximate surface area is 129 Å². The van der Waals surface area contributed by atoms with Crippen LogP contribution in [0.2, 0.25) is 0 Å². The van der Waals surface area contributed by atoms with Gasteiger partial charge in [0.05, 0.1) is 6.54 Å². The number of imidazole rings is 1. The molecule has 0 aliphatic heterocycles. The fourth-order valence-corrected chi connectivity index (χ4v) is 2.48. The number of halogens is 1. The van der Waals surface area contributed by atoms with Crippen LogP contribution in [0.1, 0.15) is 11.4 Å². The summed E-state index contributed by atoms with van der Waals surface area (Å²) in [5.74, 6) is -0.472. The highest BCUT2D eigenvalue weighted by Crippen LogP contribution is 2.10. The van der Waals surface area contributed by atoms with Crippen molar-refractivity contribution >= 4 is 11.2 Å². The van der Waals surface area contributed by atoms with Crippen LogP contribution < -0.4 is 11.2 Å². The van der Waals surface area contributed by atoms with E-state index in [0.29, 0.717) is 0 Å². The Morgan fingerprint density at radius 2 is 1.91 bits per heavy atom. The van der Waals surface area contributed by atoms with Crippen molar-refractivity contribution in [2.24, 2.45) is 14.1 Å². The molecule has 0 fully saturated rings. The van der Waals surface area contributed by atoms with E-state index in [-0.39, 0.29) is 29.1 Å². The molecule has 0 N–H and O–H groups in total. The van der Waals surface area contributed by atoms with Gasteiger partial charge in [-0.25, -0.2) is 14.2 Å². The molecule has 3 aromatic rings. The molecule has 0 amide bonds. The number of nitriles is 1. The number of fused-ring (bicyclic) bond motifs is 1. The number of rotatable bonds is 2. The summed E-state index contributed by atoms with van der Waals surface area (Å²) in [6.07, 6.45) is 0. The van der Waals surface area contributed by atoms with E-state index < -0.39 is 17.1 Å². The molecular formula is C15H12FN5O2. The van der Waals surface area contributed by atoms with E-state index in [2.05, 4.69) is 4.98 Å². The minimum absolute atomic E-state index is 0.0238. The Hall–Kier alpha value is -3.21. The van der Waals surface area contributed by atoms with Gasteiger partial charge in [0, 0.05) is 19.7 Å². The summed E-state index contributed by atoms with van der Waals surface area (Å²) in [5, 5.41) is 9.03. The summed E-state index contributed by atoms with van der Waals surface area (Å²) in [4.78, 5) is 29.0. The van der Waals surface area contributed by atoms with Crippen molar-refractivity contribution in [2.75, 3.05) is 0 Å². The van der Waals surface area contributed by atoms with E-state index in [9.17, 15) is 14.0 Å². The molecule has 0 unspecified atom stereocenters. The Balaban J connectivity index is 2.33. The van der Waals surface area contributed by atoms with Crippen LogP contribution in [0.4, 0.5) is 4.39 Å². The molecule has 23 heavy (non-hydrogen) atoms. The van der Waals surface area contributed by atoms with E-state index in [1.165, 1.54) is 41.4 Å².